The second-order valence-electron chi connectivity index (χ2n) is 5.02. The van der Waals surface area contributed by atoms with E-state index in [4.69, 9.17) is 4.74 Å². The van der Waals surface area contributed by atoms with Gasteiger partial charge in [-0.05, 0) is 31.4 Å². The normalized spacial score (nSPS) is 11.3. The van der Waals surface area contributed by atoms with E-state index in [1.807, 2.05) is 6.20 Å². The first-order valence-electron chi connectivity index (χ1n) is 7.66. The Labute approximate surface area is 123 Å². The van der Waals surface area contributed by atoms with Crippen molar-refractivity contribution in [3.63, 3.8) is 0 Å². The molecule has 0 aromatic carbocycles. The minimum absolute atomic E-state index is 0.610. The van der Waals surface area contributed by atoms with Crippen LogP contribution in [0.25, 0.3) is 0 Å². The van der Waals surface area contributed by atoms with Crippen molar-refractivity contribution in [1.29, 1.82) is 0 Å². The van der Waals surface area contributed by atoms with Crippen molar-refractivity contribution in [2.45, 2.75) is 46.2 Å². The van der Waals surface area contributed by atoms with Gasteiger partial charge in [0, 0.05) is 39.0 Å². The minimum atomic E-state index is 0.610. The Morgan fingerprint density at radius 3 is 2.50 bits per heavy atom. The van der Waals surface area contributed by atoms with Crippen LogP contribution in [0, 0.1) is 0 Å². The first-order chi connectivity index (χ1) is 9.74. The van der Waals surface area contributed by atoms with Crippen LogP contribution in [0.5, 0.6) is 0 Å². The molecule has 1 N–H and O–H groups in total. The number of anilines is 1. The third kappa shape index (κ3) is 5.47. The van der Waals surface area contributed by atoms with Crippen LogP contribution in [0.1, 0.15) is 39.2 Å². The van der Waals surface area contributed by atoms with Crippen molar-refractivity contribution in [1.82, 2.24) is 9.88 Å². The summed E-state index contributed by atoms with van der Waals surface area (Å²) >= 11 is 0. The largest absolute Gasteiger partial charge is 0.383 e. The number of nitrogens with one attached hydrogen (secondary N) is 1. The first kappa shape index (κ1) is 16.9. The molecule has 0 fully saturated rings. The van der Waals surface area contributed by atoms with E-state index in [0.717, 1.165) is 32.1 Å². The molecule has 114 valence electrons. The predicted octanol–water partition coefficient (Wildman–Crippen LogP) is 3.15. The van der Waals surface area contributed by atoms with Crippen LogP contribution >= 0.6 is 0 Å². The molecule has 0 atom stereocenters. The molecule has 4 heteroatoms. The summed E-state index contributed by atoms with van der Waals surface area (Å²) in [6.45, 7) is 10.2. The number of methoxy groups -OCH3 is 1. The molecule has 0 spiro atoms. The third-order valence-corrected chi connectivity index (χ3v) is 3.61. The standard InChI is InChI=1S/C16H29N3O/c1-5-15(6-2)19(10-11-20-4)13-14-8-9-16(17-7-3)18-12-14/h8-9,12,15H,5-7,10-11,13H2,1-4H3,(H,17,18). The second-order valence-corrected chi connectivity index (χ2v) is 5.02. The molecule has 0 amide bonds. The number of hydrogen-bond donors (Lipinski definition) is 1. The summed E-state index contributed by atoms with van der Waals surface area (Å²) in [5.74, 6) is 0.947. The van der Waals surface area contributed by atoms with Crippen LogP contribution in [0.3, 0.4) is 0 Å². The molecular formula is C16H29N3O. The molecule has 1 rings (SSSR count). The van der Waals surface area contributed by atoms with Crippen molar-refractivity contribution in [3.8, 4) is 0 Å². The number of ether oxygens (including phenoxy) is 1. The Morgan fingerprint density at radius 2 is 2.00 bits per heavy atom. The van der Waals surface area contributed by atoms with Gasteiger partial charge in [0.05, 0.1) is 6.61 Å². The van der Waals surface area contributed by atoms with Gasteiger partial charge in [-0.1, -0.05) is 19.9 Å². The molecule has 1 aromatic rings. The molecule has 0 aliphatic heterocycles. The van der Waals surface area contributed by atoms with Crippen molar-refractivity contribution in [3.05, 3.63) is 23.9 Å². The molecule has 0 saturated heterocycles. The minimum Gasteiger partial charge on any atom is -0.383 e. The molecule has 0 unspecified atom stereocenters. The summed E-state index contributed by atoms with van der Waals surface area (Å²) in [5, 5.41) is 3.22. The van der Waals surface area contributed by atoms with Crippen molar-refractivity contribution >= 4 is 5.82 Å². The van der Waals surface area contributed by atoms with Crippen LogP contribution in [-0.2, 0) is 11.3 Å². The molecule has 0 bridgehead atoms. The average Bonchev–Trinajstić information content (AvgIpc) is 2.48. The number of nitrogens with zero attached hydrogens (tertiary/aromatic N) is 2. The molecular weight excluding hydrogens is 250 g/mol. The zero-order valence-electron chi connectivity index (χ0n) is 13.4. The van der Waals surface area contributed by atoms with Gasteiger partial charge in [-0.25, -0.2) is 4.98 Å². The summed E-state index contributed by atoms with van der Waals surface area (Å²) in [5.41, 5.74) is 1.26. The average molecular weight is 279 g/mol. The van der Waals surface area contributed by atoms with E-state index >= 15 is 0 Å². The Bertz CT molecular complexity index is 349. The van der Waals surface area contributed by atoms with E-state index in [2.05, 4.69) is 48.1 Å². The molecule has 1 aromatic heterocycles. The number of hydrogen-bond acceptors (Lipinski definition) is 4. The lowest BCUT2D eigenvalue weighted by Crippen LogP contribution is -2.36. The number of aromatic nitrogens is 1. The Morgan fingerprint density at radius 1 is 1.25 bits per heavy atom. The quantitative estimate of drug-likeness (QED) is 0.714. The van der Waals surface area contributed by atoms with Crippen LogP contribution < -0.4 is 5.32 Å². The molecule has 0 radical (unpaired) electrons. The van der Waals surface area contributed by atoms with Gasteiger partial charge in [0.25, 0.3) is 0 Å². The molecule has 0 saturated carbocycles. The van der Waals surface area contributed by atoms with Gasteiger partial charge in [0.15, 0.2) is 0 Å². The fourth-order valence-corrected chi connectivity index (χ4v) is 2.44. The molecule has 0 aliphatic rings. The smallest absolute Gasteiger partial charge is 0.125 e. The first-order valence-corrected chi connectivity index (χ1v) is 7.66. The highest BCUT2D eigenvalue weighted by Crippen LogP contribution is 2.14. The molecule has 0 aliphatic carbocycles. The summed E-state index contributed by atoms with van der Waals surface area (Å²) in [6.07, 6.45) is 4.31. The fraction of sp³-hybridized carbons (Fsp3) is 0.688. The highest BCUT2D eigenvalue weighted by atomic mass is 16.5. The summed E-state index contributed by atoms with van der Waals surface area (Å²) in [4.78, 5) is 6.94. The lowest BCUT2D eigenvalue weighted by atomic mass is 10.1. The monoisotopic (exact) mass is 279 g/mol. The molecule has 4 nitrogen and oxygen atoms in total. The maximum atomic E-state index is 5.23. The van der Waals surface area contributed by atoms with Crippen molar-refractivity contribution < 1.29 is 4.74 Å². The second kappa shape index (κ2) is 9.72. The Hall–Kier alpha value is -1.13. The summed E-state index contributed by atoms with van der Waals surface area (Å²) < 4.78 is 5.23. The summed E-state index contributed by atoms with van der Waals surface area (Å²) in [7, 11) is 1.76. The van der Waals surface area contributed by atoms with Crippen LogP contribution in [0.4, 0.5) is 5.82 Å². The zero-order chi connectivity index (χ0) is 14.8. The highest BCUT2D eigenvalue weighted by Gasteiger charge is 2.15. The van der Waals surface area contributed by atoms with Gasteiger partial charge in [-0.2, -0.15) is 0 Å². The molecule has 20 heavy (non-hydrogen) atoms. The van der Waals surface area contributed by atoms with Gasteiger partial charge in [0.1, 0.15) is 5.82 Å². The SMILES string of the molecule is CCNc1ccc(CN(CCOC)C(CC)CC)cn1. The van der Waals surface area contributed by atoms with Gasteiger partial charge in [0.2, 0.25) is 0 Å². The number of rotatable bonds is 10. The maximum absolute atomic E-state index is 5.23. The van der Waals surface area contributed by atoms with E-state index in [9.17, 15) is 0 Å². The zero-order valence-corrected chi connectivity index (χ0v) is 13.4. The predicted molar refractivity (Wildman–Crippen MR) is 85.1 cm³/mol. The Kier molecular flexibility index (Phi) is 8.23. The van der Waals surface area contributed by atoms with E-state index in [1.165, 1.54) is 18.4 Å². The van der Waals surface area contributed by atoms with Crippen LogP contribution in [0.2, 0.25) is 0 Å². The van der Waals surface area contributed by atoms with Gasteiger partial charge < -0.3 is 10.1 Å². The van der Waals surface area contributed by atoms with Gasteiger partial charge >= 0.3 is 0 Å². The third-order valence-electron chi connectivity index (χ3n) is 3.61. The lowest BCUT2D eigenvalue weighted by molar-refractivity contribution is 0.110. The van der Waals surface area contributed by atoms with Crippen LogP contribution in [-0.4, -0.2) is 42.7 Å². The molecule has 1 heterocycles. The highest BCUT2D eigenvalue weighted by molar-refractivity contribution is 5.35. The topological polar surface area (TPSA) is 37.4 Å². The van der Waals surface area contributed by atoms with Gasteiger partial charge in [-0.15, -0.1) is 0 Å². The van der Waals surface area contributed by atoms with Crippen molar-refractivity contribution in [2.75, 3.05) is 32.1 Å². The fourth-order valence-electron chi connectivity index (χ4n) is 2.44. The Balaban J connectivity index is 2.67. The summed E-state index contributed by atoms with van der Waals surface area (Å²) in [6, 6.07) is 4.83. The van der Waals surface area contributed by atoms with Crippen molar-refractivity contribution in [2.24, 2.45) is 0 Å². The lowest BCUT2D eigenvalue weighted by Gasteiger charge is -2.30. The van der Waals surface area contributed by atoms with Crippen LogP contribution in [0.15, 0.2) is 18.3 Å². The van der Waals surface area contributed by atoms with E-state index in [-0.39, 0.29) is 0 Å². The van der Waals surface area contributed by atoms with E-state index < -0.39 is 0 Å². The van der Waals surface area contributed by atoms with Gasteiger partial charge in [-0.3, -0.25) is 4.90 Å². The van der Waals surface area contributed by atoms with E-state index in [0.29, 0.717) is 6.04 Å². The maximum Gasteiger partial charge on any atom is 0.125 e. The van der Waals surface area contributed by atoms with E-state index in [1.54, 1.807) is 7.11 Å². The number of pyridine rings is 1.